The molecule has 4 nitrogen and oxygen atoms in total. The van der Waals surface area contributed by atoms with E-state index in [4.69, 9.17) is 11.6 Å². The molecule has 250 valence electrons. The second-order valence-corrected chi connectivity index (χ2v) is 12.5. The number of alkyl halides is 1. The topological polar surface area (TPSA) is 40.1 Å². The summed E-state index contributed by atoms with van der Waals surface area (Å²) in [5.74, 6) is -0.340. The van der Waals surface area contributed by atoms with Gasteiger partial charge in [-0.15, -0.1) is 11.6 Å². The van der Waals surface area contributed by atoms with Crippen LogP contribution >= 0.6 is 11.6 Å². The first-order valence-corrected chi connectivity index (χ1v) is 16.3. The number of unbranched alkanes of at least 4 members (excludes halogenated alkanes) is 13. The van der Waals surface area contributed by atoms with E-state index in [0.717, 1.165) is 41.0 Å². The summed E-state index contributed by atoms with van der Waals surface area (Å²) in [6.45, 7) is 25.5. The molecular weight excluding hydrogens is 563 g/mol. The van der Waals surface area contributed by atoms with E-state index < -0.39 is 5.97 Å². The average Bonchev–Trinajstić information content (AvgIpc) is 2.88. The van der Waals surface area contributed by atoms with Crippen LogP contribution in [0.2, 0.25) is 0 Å². The van der Waals surface area contributed by atoms with Crippen LogP contribution in [0.15, 0.2) is 62.8 Å². The van der Waals surface area contributed by atoms with Crippen LogP contribution in [0.1, 0.15) is 104 Å². The summed E-state index contributed by atoms with van der Waals surface area (Å²) in [7, 11) is 8.62. The van der Waals surface area contributed by atoms with E-state index in [0.29, 0.717) is 0 Å². The zero-order valence-electron chi connectivity index (χ0n) is 28.7. The molecule has 0 saturated heterocycles. The number of carboxylic acids is 1. The number of quaternary nitrogens is 2. The summed E-state index contributed by atoms with van der Waals surface area (Å²) >= 11 is 5.64. The molecule has 0 heterocycles. The smallest absolute Gasteiger partial charge is 0.0969 e. The minimum atomic E-state index is -1.19. The molecule has 0 amide bonds. The predicted octanol–water partition coefficient (Wildman–Crippen LogP) is 5.89. The Morgan fingerprint density at radius 2 is 0.833 bits per heavy atom. The number of hydrogen-bond acceptors (Lipinski definition) is 2. The standard InChI is InChI=1S/C16H33Cl.2C8H16N.C4H6O2.ClH/c1-2-3-4-5-6-7-8-9-10-11-12-13-14-15-16-17;2*1-5-7-9(3,4)8-6-2;1-3(2)4(5)6;/h2-16H2,1H3;2*5-6H,1-2,7-8H2,3-4H3;1H2,2H3,(H,5,6);1H/q;2*+1;;/p-2. The van der Waals surface area contributed by atoms with Crippen LogP contribution in [0.3, 0.4) is 0 Å². The number of carbonyl (C=O) groups is 1. The van der Waals surface area contributed by atoms with Crippen molar-refractivity contribution >= 4 is 17.6 Å². The van der Waals surface area contributed by atoms with Gasteiger partial charge in [-0.2, -0.15) is 0 Å². The third-order valence-corrected chi connectivity index (χ3v) is 6.60. The van der Waals surface area contributed by atoms with Gasteiger partial charge in [0.05, 0.1) is 60.3 Å². The Balaban J connectivity index is -0.000000156. The highest BCUT2D eigenvalue weighted by atomic mass is 35.5. The van der Waals surface area contributed by atoms with E-state index >= 15 is 0 Å². The number of carboxylic acid groups (broad SMARTS) is 1. The molecule has 0 aliphatic heterocycles. The summed E-state index contributed by atoms with van der Waals surface area (Å²) < 4.78 is 1.90. The van der Waals surface area contributed by atoms with Crippen LogP contribution in [0.4, 0.5) is 0 Å². The van der Waals surface area contributed by atoms with Gasteiger partial charge in [-0.1, -0.05) is 123 Å². The zero-order valence-corrected chi connectivity index (χ0v) is 30.3. The van der Waals surface area contributed by atoms with Crippen molar-refractivity contribution in [2.24, 2.45) is 0 Å². The van der Waals surface area contributed by atoms with Gasteiger partial charge in [-0.3, -0.25) is 0 Å². The van der Waals surface area contributed by atoms with Crippen molar-refractivity contribution in [2.45, 2.75) is 104 Å². The highest BCUT2D eigenvalue weighted by Crippen LogP contribution is 2.13. The summed E-state index contributed by atoms with van der Waals surface area (Å²) in [5.41, 5.74) is 0.0648. The SMILES string of the molecule is C=C(C)C(=O)[O-].C=CC[N+](C)(C)CC=C.C=CC[N+](C)(C)CC=C.CCCCCCCCCCCCCCCCCl.[Cl-]. The molecule has 6 heteroatoms. The lowest BCUT2D eigenvalue weighted by molar-refractivity contribution is -0.878. The summed E-state index contributed by atoms with van der Waals surface area (Å²) in [5, 5.41) is 9.49. The van der Waals surface area contributed by atoms with Crippen molar-refractivity contribution in [1.29, 1.82) is 0 Å². The Bertz CT molecular complexity index is 568. The molecule has 0 saturated carbocycles. The van der Waals surface area contributed by atoms with Crippen molar-refractivity contribution in [2.75, 3.05) is 60.2 Å². The maximum Gasteiger partial charge on any atom is 0.0969 e. The normalized spacial score (nSPS) is 10.2. The van der Waals surface area contributed by atoms with Gasteiger partial charge in [-0.05, 0) is 43.2 Å². The number of carbonyl (C=O) groups excluding carboxylic acids is 1. The molecule has 0 atom stereocenters. The van der Waals surface area contributed by atoms with Crippen molar-refractivity contribution < 1.29 is 31.3 Å². The van der Waals surface area contributed by atoms with Crippen LogP contribution in [0.25, 0.3) is 0 Å². The van der Waals surface area contributed by atoms with Crippen LogP contribution in [-0.2, 0) is 4.79 Å². The van der Waals surface area contributed by atoms with E-state index in [1.54, 1.807) is 0 Å². The van der Waals surface area contributed by atoms with Gasteiger partial charge in [0.2, 0.25) is 0 Å². The van der Waals surface area contributed by atoms with E-state index in [2.05, 4.69) is 68.0 Å². The summed E-state index contributed by atoms with van der Waals surface area (Å²) in [6, 6.07) is 0. The summed E-state index contributed by atoms with van der Waals surface area (Å²) in [6.07, 6.45) is 27.6. The third-order valence-electron chi connectivity index (χ3n) is 6.33. The molecule has 0 spiro atoms. The maximum atomic E-state index is 9.49. The number of hydrogen-bond donors (Lipinski definition) is 0. The lowest BCUT2D eigenvalue weighted by atomic mass is 10.0. The van der Waals surface area contributed by atoms with Gasteiger partial charge in [0, 0.05) is 5.88 Å². The van der Waals surface area contributed by atoms with E-state index in [1.807, 2.05) is 24.3 Å². The second-order valence-electron chi connectivity index (χ2n) is 12.1. The fraction of sp³-hybridized carbons (Fsp3) is 0.694. The minimum absolute atomic E-state index is 0. The molecule has 0 radical (unpaired) electrons. The van der Waals surface area contributed by atoms with Crippen LogP contribution < -0.4 is 17.5 Å². The van der Waals surface area contributed by atoms with Gasteiger partial charge in [0.25, 0.3) is 0 Å². The zero-order chi connectivity index (χ0) is 32.4. The predicted molar refractivity (Wildman–Crippen MR) is 185 cm³/mol. The van der Waals surface area contributed by atoms with Crippen molar-refractivity contribution in [3.05, 3.63) is 62.8 Å². The molecule has 0 aromatic heterocycles. The Labute approximate surface area is 274 Å². The fourth-order valence-electron chi connectivity index (χ4n) is 3.84. The average molecular weight is 634 g/mol. The Kier molecular flexibility index (Phi) is 45.1. The first-order valence-electron chi connectivity index (χ1n) is 15.8. The van der Waals surface area contributed by atoms with Crippen LogP contribution in [0.5, 0.6) is 0 Å². The van der Waals surface area contributed by atoms with Gasteiger partial charge >= 0.3 is 0 Å². The molecule has 42 heavy (non-hydrogen) atoms. The number of rotatable bonds is 23. The van der Waals surface area contributed by atoms with E-state index in [-0.39, 0.29) is 18.0 Å². The van der Waals surface area contributed by atoms with Crippen molar-refractivity contribution in [3.8, 4) is 0 Å². The first-order chi connectivity index (χ1) is 19.3. The van der Waals surface area contributed by atoms with Gasteiger partial charge in [-0.25, -0.2) is 0 Å². The maximum absolute atomic E-state index is 9.49. The van der Waals surface area contributed by atoms with Gasteiger partial charge < -0.3 is 31.3 Å². The van der Waals surface area contributed by atoms with Crippen LogP contribution in [-0.4, -0.2) is 75.2 Å². The molecule has 0 fully saturated rings. The summed E-state index contributed by atoms with van der Waals surface area (Å²) in [4.78, 5) is 9.49. The van der Waals surface area contributed by atoms with Crippen molar-refractivity contribution in [1.82, 2.24) is 0 Å². The van der Waals surface area contributed by atoms with Crippen LogP contribution in [0, 0.1) is 0 Å². The van der Waals surface area contributed by atoms with Gasteiger partial charge in [0.1, 0.15) is 0 Å². The largest absolute Gasteiger partial charge is 1.00 e. The quantitative estimate of drug-likeness (QED) is 0.0463. The number of halogens is 2. The fourth-order valence-corrected chi connectivity index (χ4v) is 4.03. The highest BCUT2D eigenvalue weighted by Gasteiger charge is 2.08. The lowest BCUT2D eigenvalue weighted by Gasteiger charge is -2.26. The minimum Gasteiger partial charge on any atom is -1.00 e. The van der Waals surface area contributed by atoms with Crippen molar-refractivity contribution in [3.63, 3.8) is 0 Å². The van der Waals surface area contributed by atoms with Gasteiger partial charge in [0.15, 0.2) is 0 Å². The number of likely N-dealkylation sites (N-methyl/N-ethyl adjacent to an activating group) is 2. The second kappa shape index (κ2) is 37.7. The number of aliphatic carboxylic acids is 1. The molecule has 0 rings (SSSR count). The molecule has 0 N–H and O–H groups in total. The number of nitrogens with zero attached hydrogens (tertiary/aromatic N) is 2. The third kappa shape index (κ3) is 51.4. The van der Waals surface area contributed by atoms with E-state index in [1.165, 1.54) is 96.8 Å². The first kappa shape index (κ1) is 50.3. The Morgan fingerprint density at radius 3 is 1.00 bits per heavy atom. The molecule has 0 aromatic carbocycles. The lowest BCUT2D eigenvalue weighted by Crippen LogP contribution is -3.00. The molecular formula is C36H70Cl2N2O2. The molecule has 0 aliphatic rings. The van der Waals surface area contributed by atoms with E-state index in [9.17, 15) is 9.90 Å². The molecule has 0 unspecified atom stereocenters. The molecule has 0 aromatic rings. The highest BCUT2D eigenvalue weighted by molar-refractivity contribution is 6.17. The Hall–Kier alpha value is -1.33. The Morgan fingerprint density at radius 1 is 0.619 bits per heavy atom. The monoisotopic (exact) mass is 632 g/mol. The molecule has 0 aliphatic carbocycles. The molecule has 0 bridgehead atoms.